The maximum atomic E-state index is 12.1. The van der Waals surface area contributed by atoms with Crippen molar-refractivity contribution in [2.24, 2.45) is 0 Å². The van der Waals surface area contributed by atoms with Gasteiger partial charge >= 0.3 is 6.18 Å². The summed E-state index contributed by atoms with van der Waals surface area (Å²) in [7, 11) is 0. The molecule has 1 unspecified atom stereocenters. The average Bonchev–Trinajstić information content (AvgIpc) is 2.59. The highest BCUT2D eigenvalue weighted by Crippen LogP contribution is 2.37. The van der Waals surface area contributed by atoms with Crippen molar-refractivity contribution < 1.29 is 28.5 Å². The second kappa shape index (κ2) is 10.4. The summed E-state index contributed by atoms with van der Waals surface area (Å²) in [6, 6.07) is 0. The van der Waals surface area contributed by atoms with Gasteiger partial charge in [-0.2, -0.15) is 13.2 Å². The first-order valence-corrected chi connectivity index (χ1v) is 10.2. The normalized spacial score (nSPS) is 14.3. The summed E-state index contributed by atoms with van der Waals surface area (Å²) in [5.74, 6) is 0.373. The van der Waals surface area contributed by atoms with Crippen molar-refractivity contribution in [2.75, 3.05) is 0 Å². The van der Waals surface area contributed by atoms with Gasteiger partial charge in [-0.3, -0.25) is 0 Å². The highest BCUT2D eigenvalue weighted by molar-refractivity contribution is 5.56. The lowest BCUT2D eigenvalue weighted by atomic mass is 9.88. The van der Waals surface area contributed by atoms with Crippen molar-refractivity contribution in [1.82, 2.24) is 0 Å². The number of unbranched alkanes of at least 4 members (excludes halogenated alkanes) is 5. The molecule has 0 aromatic heterocycles. The van der Waals surface area contributed by atoms with E-state index in [2.05, 4.69) is 0 Å². The fraction of sp³-hybridized carbons (Fsp3) is 0.727. The standard InChI is InChI=1S/C22H35F3O3/c1-15-16(2)20(27)18(17(3)19(15)26)11-14-21(4,28)12-9-7-5-6-8-10-13-22(23,24)25/h26-28H,5-14H2,1-4H3. The predicted molar refractivity (Wildman–Crippen MR) is 106 cm³/mol. The molecule has 0 saturated carbocycles. The Morgan fingerprint density at radius 3 is 1.68 bits per heavy atom. The minimum Gasteiger partial charge on any atom is -0.507 e. The van der Waals surface area contributed by atoms with Gasteiger partial charge < -0.3 is 15.3 Å². The summed E-state index contributed by atoms with van der Waals surface area (Å²) < 4.78 is 36.2. The molecule has 0 heterocycles. The average molecular weight is 405 g/mol. The summed E-state index contributed by atoms with van der Waals surface area (Å²) in [6.45, 7) is 7.06. The highest BCUT2D eigenvalue weighted by atomic mass is 19.4. The highest BCUT2D eigenvalue weighted by Gasteiger charge is 2.26. The fourth-order valence-corrected chi connectivity index (χ4v) is 3.55. The molecule has 0 spiro atoms. The van der Waals surface area contributed by atoms with Crippen molar-refractivity contribution in [2.45, 2.75) is 104 Å². The SMILES string of the molecule is Cc1c(C)c(O)c(CCC(C)(O)CCCCCCCCC(F)(F)F)c(C)c1O. The van der Waals surface area contributed by atoms with Gasteiger partial charge in [0.2, 0.25) is 0 Å². The second-order valence-electron chi connectivity index (χ2n) is 8.28. The third kappa shape index (κ3) is 7.90. The number of phenols is 2. The lowest BCUT2D eigenvalue weighted by Crippen LogP contribution is -2.25. The minimum absolute atomic E-state index is 0.183. The van der Waals surface area contributed by atoms with Gasteiger partial charge in [-0.1, -0.05) is 32.1 Å². The van der Waals surface area contributed by atoms with E-state index >= 15 is 0 Å². The molecular formula is C22H35F3O3. The van der Waals surface area contributed by atoms with Crippen LogP contribution in [-0.4, -0.2) is 27.1 Å². The fourth-order valence-electron chi connectivity index (χ4n) is 3.55. The van der Waals surface area contributed by atoms with Gasteiger partial charge in [0.05, 0.1) is 5.60 Å². The smallest absolute Gasteiger partial charge is 0.389 e. The van der Waals surface area contributed by atoms with E-state index in [1.165, 1.54) is 0 Å². The Morgan fingerprint density at radius 2 is 1.14 bits per heavy atom. The number of hydrogen-bond donors (Lipinski definition) is 3. The van der Waals surface area contributed by atoms with E-state index in [4.69, 9.17) is 0 Å². The Labute approximate surface area is 166 Å². The Bertz CT molecular complexity index is 608. The van der Waals surface area contributed by atoms with E-state index in [0.29, 0.717) is 47.9 Å². The molecule has 0 amide bonds. The number of benzene rings is 1. The first-order chi connectivity index (χ1) is 12.9. The van der Waals surface area contributed by atoms with Crippen LogP contribution in [0.4, 0.5) is 13.2 Å². The number of aliphatic hydroxyl groups is 1. The summed E-state index contributed by atoms with van der Waals surface area (Å²) in [5.41, 5.74) is 1.76. The molecule has 0 radical (unpaired) electrons. The first-order valence-electron chi connectivity index (χ1n) is 10.2. The van der Waals surface area contributed by atoms with Gasteiger partial charge in [-0.05, 0) is 70.1 Å². The molecule has 0 aliphatic rings. The van der Waals surface area contributed by atoms with Gasteiger partial charge in [-0.15, -0.1) is 0 Å². The lowest BCUT2D eigenvalue weighted by molar-refractivity contribution is -0.135. The molecule has 0 saturated heterocycles. The van der Waals surface area contributed by atoms with Crippen molar-refractivity contribution in [1.29, 1.82) is 0 Å². The Balaban J connectivity index is 2.38. The largest absolute Gasteiger partial charge is 0.507 e. The van der Waals surface area contributed by atoms with Gasteiger partial charge in [-0.25, -0.2) is 0 Å². The number of hydrogen-bond acceptors (Lipinski definition) is 3. The molecule has 1 atom stereocenters. The van der Waals surface area contributed by atoms with Gasteiger partial charge in [0.15, 0.2) is 0 Å². The quantitative estimate of drug-likeness (QED) is 0.296. The summed E-state index contributed by atoms with van der Waals surface area (Å²) in [4.78, 5) is 0. The maximum absolute atomic E-state index is 12.1. The van der Waals surface area contributed by atoms with Crippen molar-refractivity contribution in [3.63, 3.8) is 0 Å². The van der Waals surface area contributed by atoms with Crippen molar-refractivity contribution in [3.8, 4) is 11.5 Å². The van der Waals surface area contributed by atoms with Crippen LogP contribution in [0, 0.1) is 20.8 Å². The minimum atomic E-state index is -4.06. The number of rotatable bonds is 11. The third-order valence-electron chi connectivity index (χ3n) is 5.71. The Kier molecular flexibility index (Phi) is 9.12. The van der Waals surface area contributed by atoms with Crippen LogP contribution in [0.15, 0.2) is 0 Å². The molecule has 0 fully saturated rings. The lowest BCUT2D eigenvalue weighted by Gasteiger charge is -2.24. The van der Waals surface area contributed by atoms with Crippen LogP contribution in [0.2, 0.25) is 0 Å². The topological polar surface area (TPSA) is 60.7 Å². The second-order valence-corrected chi connectivity index (χ2v) is 8.28. The van der Waals surface area contributed by atoms with Crippen LogP contribution in [0.5, 0.6) is 11.5 Å². The van der Waals surface area contributed by atoms with E-state index in [1.807, 2.05) is 0 Å². The number of halogens is 3. The number of phenolic OH excluding ortho intramolecular Hbond substituents is 2. The van der Waals surface area contributed by atoms with Crippen LogP contribution < -0.4 is 0 Å². The van der Waals surface area contributed by atoms with Gasteiger partial charge in [0.1, 0.15) is 11.5 Å². The number of alkyl halides is 3. The molecule has 1 aromatic carbocycles. The van der Waals surface area contributed by atoms with Crippen LogP contribution in [0.1, 0.15) is 87.0 Å². The zero-order chi connectivity index (χ0) is 21.5. The summed E-state index contributed by atoms with van der Waals surface area (Å²) in [6.07, 6.45) is 0.911. The van der Waals surface area contributed by atoms with E-state index in [1.54, 1.807) is 27.7 Å². The zero-order valence-corrected chi connectivity index (χ0v) is 17.5. The van der Waals surface area contributed by atoms with E-state index in [-0.39, 0.29) is 17.9 Å². The van der Waals surface area contributed by atoms with E-state index in [9.17, 15) is 28.5 Å². The van der Waals surface area contributed by atoms with Gasteiger partial charge in [0.25, 0.3) is 0 Å². The molecule has 0 aliphatic carbocycles. The van der Waals surface area contributed by atoms with Crippen LogP contribution in [0.3, 0.4) is 0 Å². The maximum Gasteiger partial charge on any atom is 0.389 e. The molecule has 1 aromatic rings. The summed E-state index contributed by atoms with van der Waals surface area (Å²) in [5, 5.41) is 31.2. The van der Waals surface area contributed by atoms with E-state index < -0.39 is 18.2 Å². The molecule has 3 nitrogen and oxygen atoms in total. The molecule has 6 heteroatoms. The third-order valence-corrected chi connectivity index (χ3v) is 5.71. The summed E-state index contributed by atoms with van der Waals surface area (Å²) >= 11 is 0. The molecule has 28 heavy (non-hydrogen) atoms. The molecule has 1 rings (SSSR count). The van der Waals surface area contributed by atoms with E-state index in [0.717, 1.165) is 25.7 Å². The molecule has 0 bridgehead atoms. The van der Waals surface area contributed by atoms with Gasteiger partial charge in [0, 0.05) is 12.0 Å². The van der Waals surface area contributed by atoms with Crippen molar-refractivity contribution >= 4 is 0 Å². The predicted octanol–water partition coefficient (Wildman–Crippen LogP) is 6.39. The molecule has 162 valence electrons. The Morgan fingerprint density at radius 1 is 0.679 bits per heavy atom. The van der Waals surface area contributed by atoms with Crippen LogP contribution >= 0.6 is 0 Å². The van der Waals surface area contributed by atoms with Crippen LogP contribution in [-0.2, 0) is 6.42 Å². The van der Waals surface area contributed by atoms with Crippen LogP contribution in [0.25, 0.3) is 0 Å². The molecule has 0 aliphatic heterocycles. The first kappa shape index (κ1) is 24.6. The number of aromatic hydroxyl groups is 2. The monoisotopic (exact) mass is 404 g/mol. The molecule has 3 N–H and O–H groups in total. The van der Waals surface area contributed by atoms with Crippen molar-refractivity contribution in [3.05, 3.63) is 22.3 Å². The molecular weight excluding hydrogens is 369 g/mol. The zero-order valence-electron chi connectivity index (χ0n) is 17.5. The Hall–Kier alpha value is -1.43.